The second kappa shape index (κ2) is 4.57. The predicted octanol–water partition coefficient (Wildman–Crippen LogP) is 2.12. The minimum atomic E-state index is -0.805. The molecule has 0 aromatic carbocycles. The molecule has 1 aromatic heterocycles. The van der Waals surface area contributed by atoms with Crippen LogP contribution in [0.3, 0.4) is 0 Å². The summed E-state index contributed by atoms with van der Waals surface area (Å²) >= 11 is 1.28. The van der Waals surface area contributed by atoms with Gasteiger partial charge in [-0.3, -0.25) is 4.79 Å². The average molecular weight is 267 g/mol. The second-order valence-corrected chi connectivity index (χ2v) is 6.27. The van der Waals surface area contributed by atoms with Crippen LogP contribution in [0.15, 0.2) is 5.16 Å². The Balaban J connectivity index is 1.82. The first-order valence-corrected chi connectivity index (χ1v) is 7.40. The van der Waals surface area contributed by atoms with Gasteiger partial charge in [-0.2, -0.15) is 0 Å². The molecule has 0 saturated heterocycles. The van der Waals surface area contributed by atoms with E-state index >= 15 is 0 Å². The fourth-order valence-corrected chi connectivity index (χ4v) is 4.24. The summed E-state index contributed by atoms with van der Waals surface area (Å²) in [4.78, 5) is 10.7. The van der Waals surface area contributed by atoms with E-state index < -0.39 is 5.97 Å². The van der Waals surface area contributed by atoms with Crippen LogP contribution < -0.4 is 0 Å². The molecule has 2 aliphatic rings. The Morgan fingerprint density at radius 3 is 2.89 bits per heavy atom. The molecule has 1 aromatic rings. The first kappa shape index (κ1) is 12.0. The lowest BCUT2D eigenvalue weighted by atomic mass is 9.95. The zero-order valence-electron chi connectivity index (χ0n) is 10.4. The van der Waals surface area contributed by atoms with Crippen LogP contribution in [0.4, 0.5) is 0 Å². The summed E-state index contributed by atoms with van der Waals surface area (Å²) in [5, 5.41) is 17.8. The van der Waals surface area contributed by atoms with Gasteiger partial charge in [0.25, 0.3) is 0 Å². The molecule has 18 heavy (non-hydrogen) atoms. The third-order valence-electron chi connectivity index (χ3n) is 4.19. The third-order valence-corrected chi connectivity index (χ3v) is 5.12. The number of carboxylic acid groups (broad SMARTS) is 1. The van der Waals surface area contributed by atoms with Crippen molar-refractivity contribution in [1.82, 2.24) is 14.8 Å². The van der Waals surface area contributed by atoms with Gasteiger partial charge >= 0.3 is 5.97 Å². The zero-order valence-corrected chi connectivity index (χ0v) is 11.2. The van der Waals surface area contributed by atoms with Crippen molar-refractivity contribution < 1.29 is 9.90 Å². The van der Waals surface area contributed by atoms with E-state index in [1.165, 1.54) is 37.4 Å². The van der Waals surface area contributed by atoms with Crippen molar-refractivity contribution in [3.05, 3.63) is 5.82 Å². The standard InChI is InChI=1S/C12H17N3O2S/c1-7-13-14-12(18-6-11(16)17)15(7)10-5-8-2-3-9(10)4-8/h8-10H,2-6H2,1H3,(H,16,17). The molecule has 98 valence electrons. The Labute approximate surface area is 110 Å². The third kappa shape index (κ3) is 2.02. The SMILES string of the molecule is Cc1nnc(SCC(=O)O)n1C1CC2CCC1C2. The maximum atomic E-state index is 10.7. The minimum Gasteiger partial charge on any atom is -0.481 e. The zero-order chi connectivity index (χ0) is 12.7. The van der Waals surface area contributed by atoms with E-state index in [2.05, 4.69) is 14.8 Å². The lowest BCUT2D eigenvalue weighted by Crippen LogP contribution is -2.18. The van der Waals surface area contributed by atoms with E-state index in [0.29, 0.717) is 6.04 Å². The smallest absolute Gasteiger partial charge is 0.313 e. The molecule has 0 amide bonds. The van der Waals surface area contributed by atoms with E-state index in [1.54, 1.807) is 0 Å². The lowest BCUT2D eigenvalue weighted by Gasteiger charge is -2.25. The monoisotopic (exact) mass is 267 g/mol. The van der Waals surface area contributed by atoms with Gasteiger partial charge in [-0.15, -0.1) is 10.2 Å². The van der Waals surface area contributed by atoms with Gasteiger partial charge in [0, 0.05) is 6.04 Å². The van der Waals surface area contributed by atoms with Gasteiger partial charge in [-0.05, 0) is 38.0 Å². The van der Waals surface area contributed by atoms with E-state index in [9.17, 15) is 4.79 Å². The Morgan fingerprint density at radius 2 is 2.28 bits per heavy atom. The molecule has 3 unspecified atom stereocenters. The van der Waals surface area contributed by atoms with Crippen molar-refractivity contribution in [3.63, 3.8) is 0 Å². The Hall–Kier alpha value is -1.04. The van der Waals surface area contributed by atoms with Crippen molar-refractivity contribution in [1.29, 1.82) is 0 Å². The summed E-state index contributed by atoms with van der Waals surface area (Å²) in [7, 11) is 0. The van der Waals surface area contributed by atoms with Crippen LogP contribution in [-0.4, -0.2) is 31.6 Å². The number of aryl methyl sites for hydroxylation is 1. The highest BCUT2D eigenvalue weighted by Gasteiger charge is 2.41. The van der Waals surface area contributed by atoms with Crippen LogP contribution in [0.5, 0.6) is 0 Å². The largest absolute Gasteiger partial charge is 0.481 e. The minimum absolute atomic E-state index is 0.0545. The number of carboxylic acids is 1. The fourth-order valence-electron chi connectivity index (χ4n) is 3.48. The molecule has 2 bridgehead atoms. The number of aromatic nitrogens is 3. The summed E-state index contributed by atoms with van der Waals surface area (Å²) in [5.41, 5.74) is 0. The van der Waals surface area contributed by atoms with Crippen molar-refractivity contribution in [2.45, 2.75) is 43.8 Å². The number of hydrogen-bond acceptors (Lipinski definition) is 4. The Kier molecular flexibility index (Phi) is 3.05. The van der Waals surface area contributed by atoms with E-state index in [-0.39, 0.29) is 5.75 Å². The highest BCUT2D eigenvalue weighted by Crippen LogP contribution is 2.51. The molecule has 5 nitrogen and oxygen atoms in total. The molecule has 0 aliphatic heterocycles. The summed E-state index contributed by atoms with van der Waals surface area (Å²) in [6.45, 7) is 1.96. The highest BCUT2D eigenvalue weighted by atomic mass is 32.2. The second-order valence-electron chi connectivity index (χ2n) is 5.32. The Bertz CT molecular complexity index is 474. The van der Waals surface area contributed by atoms with Gasteiger partial charge in [0.15, 0.2) is 5.16 Å². The topological polar surface area (TPSA) is 68.0 Å². The molecule has 6 heteroatoms. The number of hydrogen-bond donors (Lipinski definition) is 1. The summed E-state index contributed by atoms with van der Waals surface area (Å²) in [6.07, 6.45) is 5.20. The van der Waals surface area contributed by atoms with Gasteiger partial charge in [-0.25, -0.2) is 0 Å². The lowest BCUT2D eigenvalue weighted by molar-refractivity contribution is -0.133. The first-order chi connectivity index (χ1) is 8.65. The van der Waals surface area contributed by atoms with Crippen molar-refractivity contribution >= 4 is 17.7 Å². The number of aliphatic carboxylic acids is 1. The van der Waals surface area contributed by atoms with Gasteiger partial charge in [-0.1, -0.05) is 18.2 Å². The number of carbonyl (C=O) groups is 1. The molecular formula is C12H17N3O2S. The van der Waals surface area contributed by atoms with Crippen LogP contribution in [0, 0.1) is 18.8 Å². The summed E-state index contributed by atoms with van der Waals surface area (Å²) < 4.78 is 2.18. The average Bonchev–Trinajstić information content (AvgIpc) is 3.00. The summed E-state index contributed by atoms with van der Waals surface area (Å²) in [6, 6.07) is 0.495. The first-order valence-electron chi connectivity index (χ1n) is 6.41. The quantitative estimate of drug-likeness (QED) is 0.846. The van der Waals surface area contributed by atoms with Gasteiger partial charge < -0.3 is 9.67 Å². The number of thioether (sulfide) groups is 1. The summed E-state index contributed by atoms with van der Waals surface area (Å²) in [5.74, 6) is 1.77. The maximum absolute atomic E-state index is 10.7. The molecule has 1 N–H and O–H groups in total. The number of rotatable bonds is 4. The van der Waals surface area contributed by atoms with E-state index in [1.807, 2.05) is 6.92 Å². The van der Waals surface area contributed by atoms with E-state index in [4.69, 9.17) is 5.11 Å². The number of fused-ring (bicyclic) bond motifs is 2. The fraction of sp³-hybridized carbons (Fsp3) is 0.750. The van der Waals surface area contributed by atoms with E-state index in [0.717, 1.165) is 22.8 Å². The molecular weight excluding hydrogens is 250 g/mol. The van der Waals surface area contributed by atoms with Crippen LogP contribution in [0.25, 0.3) is 0 Å². The van der Waals surface area contributed by atoms with Crippen molar-refractivity contribution in [3.8, 4) is 0 Å². The van der Waals surface area contributed by atoms with Gasteiger partial charge in [0.2, 0.25) is 0 Å². The van der Waals surface area contributed by atoms with Crippen LogP contribution >= 0.6 is 11.8 Å². The van der Waals surface area contributed by atoms with Crippen LogP contribution in [-0.2, 0) is 4.79 Å². The molecule has 2 fully saturated rings. The molecule has 2 saturated carbocycles. The highest BCUT2D eigenvalue weighted by molar-refractivity contribution is 7.99. The molecule has 0 radical (unpaired) electrons. The molecule has 1 heterocycles. The van der Waals surface area contributed by atoms with Crippen LogP contribution in [0.2, 0.25) is 0 Å². The van der Waals surface area contributed by atoms with Crippen molar-refractivity contribution in [2.75, 3.05) is 5.75 Å². The molecule has 3 rings (SSSR count). The molecule has 2 aliphatic carbocycles. The number of nitrogens with zero attached hydrogens (tertiary/aromatic N) is 3. The van der Waals surface area contributed by atoms with Gasteiger partial charge in [0.1, 0.15) is 5.82 Å². The van der Waals surface area contributed by atoms with Gasteiger partial charge in [0.05, 0.1) is 5.75 Å². The molecule has 3 atom stereocenters. The predicted molar refractivity (Wildman–Crippen MR) is 67.6 cm³/mol. The maximum Gasteiger partial charge on any atom is 0.313 e. The van der Waals surface area contributed by atoms with Crippen LogP contribution in [0.1, 0.15) is 37.5 Å². The molecule has 0 spiro atoms. The van der Waals surface area contributed by atoms with Crippen molar-refractivity contribution in [2.24, 2.45) is 11.8 Å². The Morgan fingerprint density at radius 1 is 1.44 bits per heavy atom. The normalized spacial score (nSPS) is 29.9.